The number of carbonyl (C=O) groups excluding carboxylic acids is 2. The van der Waals surface area contributed by atoms with E-state index in [1.807, 2.05) is 0 Å². The molecule has 0 aliphatic carbocycles. The van der Waals surface area contributed by atoms with Crippen LogP contribution >= 0.6 is 0 Å². The van der Waals surface area contributed by atoms with Gasteiger partial charge in [-0.15, -0.1) is 0 Å². The molecule has 0 aromatic heterocycles. The number of hydrogen-bond donors (Lipinski definition) is 1. The lowest BCUT2D eigenvalue weighted by atomic mass is 10.1. The third-order valence-corrected chi connectivity index (χ3v) is 5.43. The first kappa shape index (κ1) is 17.0. The summed E-state index contributed by atoms with van der Waals surface area (Å²) in [6, 6.07) is 5.48. The first-order valence-corrected chi connectivity index (χ1v) is 8.56. The molecule has 1 N–H and O–H groups in total. The largest absolute Gasteiger partial charge is 0.336 e. The van der Waals surface area contributed by atoms with Crippen molar-refractivity contribution in [2.24, 2.45) is 0 Å². The van der Waals surface area contributed by atoms with Gasteiger partial charge in [-0.05, 0) is 36.8 Å². The van der Waals surface area contributed by atoms with E-state index in [4.69, 9.17) is 0 Å². The van der Waals surface area contributed by atoms with Gasteiger partial charge in [-0.2, -0.15) is 0 Å². The third kappa shape index (κ3) is 3.10. The van der Waals surface area contributed by atoms with Gasteiger partial charge in [0.1, 0.15) is 23.1 Å². The molecular formula is C16H12F2N2O4S. The molecule has 25 heavy (non-hydrogen) atoms. The van der Waals surface area contributed by atoms with Crippen LogP contribution in [-0.2, 0) is 10.0 Å². The number of hydrogen-bond acceptors (Lipinski definition) is 4. The van der Waals surface area contributed by atoms with E-state index in [0.29, 0.717) is 10.4 Å². The van der Waals surface area contributed by atoms with Gasteiger partial charge in [-0.25, -0.2) is 26.3 Å². The Morgan fingerprint density at radius 2 is 1.76 bits per heavy atom. The van der Waals surface area contributed by atoms with Crippen molar-refractivity contribution >= 4 is 27.5 Å². The molecule has 0 unspecified atom stereocenters. The zero-order chi connectivity index (χ0) is 18.4. The number of ketones is 1. The van der Waals surface area contributed by atoms with E-state index in [-0.39, 0.29) is 16.1 Å². The number of nitrogens with zero attached hydrogens (tertiary/aromatic N) is 1. The van der Waals surface area contributed by atoms with Crippen LogP contribution in [0.3, 0.4) is 0 Å². The second kappa shape index (κ2) is 5.92. The number of benzene rings is 2. The maximum atomic E-state index is 13.2. The smallest absolute Gasteiger partial charge is 0.306 e. The van der Waals surface area contributed by atoms with Crippen molar-refractivity contribution in [1.29, 1.82) is 0 Å². The summed E-state index contributed by atoms with van der Waals surface area (Å²) in [5.74, 6) is -2.86. The highest BCUT2D eigenvalue weighted by atomic mass is 32.2. The van der Waals surface area contributed by atoms with Crippen LogP contribution in [0.2, 0.25) is 0 Å². The normalized spacial score (nSPS) is 15.5. The Morgan fingerprint density at radius 3 is 2.40 bits per heavy atom. The van der Waals surface area contributed by atoms with Crippen molar-refractivity contribution in [3.63, 3.8) is 0 Å². The topological polar surface area (TPSA) is 83.6 Å². The summed E-state index contributed by atoms with van der Waals surface area (Å²) < 4.78 is 52.0. The Bertz CT molecular complexity index is 985. The molecule has 1 aliphatic heterocycles. The van der Waals surface area contributed by atoms with Crippen molar-refractivity contribution in [3.05, 3.63) is 59.2 Å². The molecule has 6 nitrogen and oxygen atoms in total. The van der Waals surface area contributed by atoms with E-state index in [1.165, 1.54) is 12.1 Å². The Hall–Kier alpha value is -2.81. The number of anilines is 1. The number of urea groups is 1. The Balaban J connectivity index is 1.96. The molecule has 1 aliphatic rings. The van der Waals surface area contributed by atoms with Gasteiger partial charge in [0.05, 0.1) is 5.69 Å². The van der Waals surface area contributed by atoms with Crippen molar-refractivity contribution in [3.8, 4) is 0 Å². The molecule has 0 fully saturated rings. The van der Waals surface area contributed by atoms with Crippen LogP contribution in [0.1, 0.15) is 15.9 Å². The predicted molar refractivity (Wildman–Crippen MR) is 84.8 cm³/mol. The van der Waals surface area contributed by atoms with Crippen LogP contribution in [0, 0.1) is 18.6 Å². The summed E-state index contributed by atoms with van der Waals surface area (Å²) in [4.78, 5) is 24.2. The van der Waals surface area contributed by atoms with E-state index >= 15 is 0 Å². The molecule has 0 spiro atoms. The van der Waals surface area contributed by atoms with Crippen molar-refractivity contribution < 1.29 is 26.8 Å². The highest BCUT2D eigenvalue weighted by molar-refractivity contribution is 7.90. The number of fused-ring (bicyclic) bond motifs is 1. The minimum atomic E-state index is -4.26. The van der Waals surface area contributed by atoms with E-state index < -0.39 is 40.0 Å². The zero-order valence-electron chi connectivity index (χ0n) is 12.9. The van der Waals surface area contributed by atoms with E-state index in [0.717, 1.165) is 17.7 Å². The van der Waals surface area contributed by atoms with E-state index in [2.05, 4.69) is 5.32 Å². The molecule has 3 rings (SSSR count). The van der Waals surface area contributed by atoms with Crippen molar-refractivity contribution in [1.82, 2.24) is 4.31 Å². The molecule has 2 aromatic rings. The molecule has 2 amide bonds. The van der Waals surface area contributed by atoms with Crippen molar-refractivity contribution in [2.45, 2.75) is 11.8 Å². The second-order valence-electron chi connectivity index (χ2n) is 5.52. The number of amides is 2. The van der Waals surface area contributed by atoms with Crippen LogP contribution in [0.5, 0.6) is 0 Å². The molecule has 0 radical (unpaired) electrons. The fourth-order valence-electron chi connectivity index (χ4n) is 2.47. The average molecular weight is 366 g/mol. The van der Waals surface area contributed by atoms with E-state index in [1.54, 1.807) is 13.0 Å². The number of aryl methyl sites for hydroxylation is 1. The molecule has 9 heteroatoms. The first-order valence-electron chi connectivity index (χ1n) is 7.12. The minimum absolute atomic E-state index is 0.116. The maximum absolute atomic E-state index is 13.2. The summed E-state index contributed by atoms with van der Waals surface area (Å²) in [5.41, 5.74) is 0.495. The molecule has 0 saturated heterocycles. The molecular weight excluding hydrogens is 354 g/mol. The quantitative estimate of drug-likeness (QED) is 0.847. The second-order valence-corrected chi connectivity index (χ2v) is 7.35. The van der Waals surface area contributed by atoms with Gasteiger partial charge in [0.25, 0.3) is 10.0 Å². The maximum Gasteiger partial charge on any atom is 0.336 e. The number of nitrogens with one attached hydrogen (secondary N) is 1. The molecule has 0 saturated carbocycles. The minimum Gasteiger partial charge on any atom is -0.306 e. The van der Waals surface area contributed by atoms with Gasteiger partial charge >= 0.3 is 6.03 Å². The summed E-state index contributed by atoms with van der Waals surface area (Å²) in [5, 5.41) is 2.39. The van der Waals surface area contributed by atoms with Crippen LogP contribution in [-0.4, -0.2) is 31.1 Å². The Kier molecular flexibility index (Phi) is 4.03. The van der Waals surface area contributed by atoms with Crippen molar-refractivity contribution in [2.75, 3.05) is 11.9 Å². The highest BCUT2D eigenvalue weighted by Crippen LogP contribution is 2.30. The number of sulfonamides is 1. The SMILES string of the molecule is Cc1ccc2c(c1)NC(=O)N(CC(=O)c1cc(F)cc(F)c1)S2(=O)=O. The van der Waals surface area contributed by atoms with Crippen LogP contribution in [0.4, 0.5) is 19.3 Å². The predicted octanol–water partition coefficient (Wildman–Crippen LogP) is 2.69. The molecule has 0 bridgehead atoms. The number of rotatable bonds is 3. The fraction of sp³-hybridized carbons (Fsp3) is 0.125. The van der Waals surface area contributed by atoms with Gasteiger partial charge in [0.15, 0.2) is 5.78 Å². The van der Waals surface area contributed by atoms with Gasteiger partial charge in [-0.3, -0.25) is 4.79 Å². The van der Waals surface area contributed by atoms with Crippen LogP contribution in [0.25, 0.3) is 0 Å². The lowest BCUT2D eigenvalue weighted by Gasteiger charge is -2.28. The monoisotopic (exact) mass is 366 g/mol. The highest BCUT2D eigenvalue weighted by Gasteiger charge is 2.38. The van der Waals surface area contributed by atoms with Crippen LogP contribution in [0.15, 0.2) is 41.3 Å². The summed E-state index contributed by atoms with van der Waals surface area (Å²) in [6.07, 6.45) is 0. The third-order valence-electron chi connectivity index (χ3n) is 3.64. The van der Waals surface area contributed by atoms with E-state index in [9.17, 15) is 26.8 Å². The zero-order valence-corrected chi connectivity index (χ0v) is 13.7. The molecule has 1 heterocycles. The lowest BCUT2D eigenvalue weighted by molar-refractivity contribution is 0.0971. The molecule has 2 aromatic carbocycles. The van der Waals surface area contributed by atoms with Gasteiger partial charge in [0.2, 0.25) is 0 Å². The Labute approximate surface area is 142 Å². The molecule has 130 valence electrons. The standard InChI is InChI=1S/C16H12F2N2O4S/c1-9-2-3-15-13(4-9)19-16(22)20(25(15,23)24)8-14(21)10-5-11(17)7-12(18)6-10/h2-7H,8H2,1H3,(H,19,22). The van der Waals surface area contributed by atoms with Gasteiger partial charge in [-0.1, -0.05) is 6.07 Å². The summed E-state index contributed by atoms with van der Waals surface area (Å²) in [6.45, 7) is 0.859. The summed E-state index contributed by atoms with van der Waals surface area (Å²) >= 11 is 0. The lowest BCUT2D eigenvalue weighted by Crippen LogP contribution is -2.46. The van der Waals surface area contributed by atoms with Crippen LogP contribution < -0.4 is 5.32 Å². The Morgan fingerprint density at radius 1 is 1.12 bits per heavy atom. The molecule has 0 atom stereocenters. The number of Topliss-reactive ketones (excluding diaryl/α,β-unsaturated/α-hetero) is 1. The van der Waals surface area contributed by atoms with Gasteiger partial charge in [0, 0.05) is 11.6 Å². The fourth-order valence-corrected chi connectivity index (χ4v) is 3.88. The first-order chi connectivity index (χ1) is 11.7. The number of halogens is 2. The average Bonchev–Trinajstić information content (AvgIpc) is 2.49. The summed E-state index contributed by atoms with van der Waals surface area (Å²) in [7, 11) is -4.26. The van der Waals surface area contributed by atoms with Gasteiger partial charge < -0.3 is 5.32 Å². The number of carbonyl (C=O) groups is 2.